The van der Waals surface area contributed by atoms with Crippen molar-refractivity contribution in [2.45, 2.75) is 18.9 Å². The molecule has 0 fully saturated rings. The molecule has 0 aromatic heterocycles. The molecule has 0 spiro atoms. The van der Waals surface area contributed by atoms with Crippen LogP contribution in [0.4, 0.5) is 0 Å². The third-order valence-electron chi connectivity index (χ3n) is 1.53. The van der Waals surface area contributed by atoms with Crippen LogP contribution >= 0.6 is 0 Å². The molecule has 0 saturated carbocycles. The maximum Gasteiger partial charge on any atom is 0.397 e. The normalized spacial score (nSPS) is 14.7. The van der Waals surface area contributed by atoms with Crippen molar-refractivity contribution >= 4 is 31.8 Å². The average Bonchev–Trinajstić information content (AvgIpc) is 2.17. The minimum absolute atomic E-state index is 0.112. The smallest absolute Gasteiger partial charge is 0.269 e. The Labute approximate surface area is 111 Å². The molecule has 1 unspecified atom stereocenters. The lowest BCUT2D eigenvalue weighted by Crippen LogP contribution is -2.24. The Kier molecular flexibility index (Phi) is 7.90. The van der Waals surface area contributed by atoms with Crippen molar-refractivity contribution in [1.29, 1.82) is 0 Å². The molecule has 0 aromatic carbocycles. The molecule has 0 saturated heterocycles. The van der Waals surface area contributed by atoms with Crippen LogP contribution in [-0.2, 0) is 44.3 Å². The van der Waals surface area contributed by atoms with Gasteiger partial charge in [-0.05, 0) is 12.8 Å². The summed E-state index contributed by atoms with van der Waals surface area (Å²) in [7, 11) is -12.7. The predicted octanol–water partition coefficient (Wildman–Crippen LogP) is -1.68. The molecule has 19 heavy (non-hydrogen) atoms. The molecule has 0 amide bonds. The second-order valence-corrected chi connectivity index (χ2v) is 5.90. The van der Waals surface area contributed by atoms with Gasteiger partial charge in [0.1, 0.15) is 6.10 Å². The van der Waals surface area contributed by atoms with Gasteiger partial charge in [-0.2, -0.15) is 16.8 Å². The molecular formula is C5H12O11S3. The van der Waals surface area contributed by atoms with Gasteiger partial charge in [-0.15, -0.1) is 0 Å². The van der Waals surface area contributed by atoms with E-state index in [1.54, 1.807) is 0 Å². The molecule has 0 aliphatic carbocycles. The van der Waals surface area contributed by atoms with Gasteiger partial charge in [-0.25, -0.2) is 16.8 Å². The van der Waals surface area contributed by atoms with Gasteiger partial charge in [0, 0.05) is 0 Å². The van der Waals surface area contributed by atoms with Crippen LogP contribution in [-0.4, -0.2) is 53.7 Å². The molecule has 116 valence electrons. The zero-order chi connectivity index (χ0) is 15.1. The van der Waals surface area contributed by atoms with Crippen molar-refractivity contribution in [2.24, 2.45) is 0 Å². The van der Waals surface area contributed by atoms with E-state index in [1.165, 1.54) is 0 Å². The number of hydrogen-bond donors (Lipinski definition) is 3. The first-order valence-corrected chi connectivity index (χ1v) is 8.37. The summed E-state index contributed by atoms with van der Waals surface area (Å²) in [4.78, 5) is 0. The molecular weight excluding hydrogens is 332 g/mol. The van der Waals surface area contributed by atoms with Gasteiger partial charge < -0.3 is 0 Å². The molecule has 0 aromatic rings. The molecule has 0 radical (unpaired) electrons. The van der Waals surface area contributed by atoms with Crippen LogP contribution < -0.4 is 0 Å². The van der Waals surface area contributed by atoms with Crippen molar-refractivity contribution in [3.63, 3.8) is 0 Å². The topological polar surface area (TPSA) is 171 Å². The summed E-state index contributed by atoms with van der Waals surface area (Å²) in [5.74, 6) is 0. The van der Waals surface area contributed by atoms with Crippen LogP contribution in [0.3, 0.4) is 0 Å². The first kappa shape index (κ1) is 18.7. The summed E-state index contributed by atoms with van der Waals surface area (Å²) >= 11 is 0. The van der Waals surface area contributed by atoms with Crippen molar-refractivity contribution in [2.75, 3.05) is 13.2 Å². The highest BCUT2D eigenvalue weighted by atomic mass is 32.3. The molecule has 11 nitrogen and oxygen atoms in total. The number of hydrogen-bond acceptors (Lipinski definition) is 9. The first-order valence-electron chi connectivity index (χ1n) is 4.54. The largest absolute Gasteiger partial charge is 0.397 e. The van der Waals surface area contributed by atoms with E-state index in [9.17, 15) is 25.3 Å². The van der Waals surface area contributed by atoms with Crippen molar-refractivity contribution in [1.82, 2.24) is 0 Å². The third kappa shape index (κ3) is 13.9. The van der Waals surface area contributed by atoms with Crippen molar-refractivity contribution in [3.8, 4) is 0 Å². The monoisotopic (exact) mass is 344 g/mol. The lowest BCUT2D eigenvalue weighted by atomic mass is 10.2. The highest BCUT2D eigenvalue weighted by molar-refractivity contribution is 7.81. The summed E-state index contributed by atoms with van der Waals surface area (Å²) in [5.41, 5.74) is 0. The van der Waals surface area contributed by atoms with Crippen LogP contribution in [0.25, 0.3) is 0 Å². The third-order valence-corrected chi connectivity index (χ3v) is 2.87. The summed E-state index contributed by atoms with van der Waals surface area (Å²) in [5, 5.41) is 0. The van der Waals surface area contributed by atoms with E-state index in [-0.39, 0.29) is 12.8 Å². The van der Waals surface area contributed by atoms with Crippen LogP contribution in [0.2, 0.25) is 0 Å². The fourth-order valence-electron chi connectivity index (χ4n) is 0.950. The van der Waals surface area contributed by atoms with Crippen molar-refractivity contribution < 1.29 is 46.9 Å². The van der Waals surface area contributed by atoms with E-state index >= 15 is 0 Å². The Hall–Kier alpha value is -0.350. The van der Waals surface area contributed by atoms with Gasteiger partial charge in [0.2, 0.25) is 0 Å². The molecule has 0 heterocycles. The van der Waals surface area contributed by atoms with Crippen molar-refractivity contribution in [3.05, 3.63) is 0 Å². The second kappa shape index (κ2) is 8.05. The van der Waals surface area contributed by atoms with Crippen LogP contribution in [0.1, 0.15) is 12.8 Å². The summed E-state index contributed by atoms with van der Waals surface area (Å²) in [6.45, 7) is -1.18. The molecule has 0 bridgehead atoms. The minimum Gasteiger partial charge on any atom is -0.269 e. The summed E-state index contributed by atoms with van der Waals surface area (Å²) in [6, 6.07) is 0. The lowest BCUT2D eigenvalue weighted by molar-refractivity contribution is 0.111. The SMILES string of the molecule is O=[SH](=O)OCC(CCCOS(=O)(=O)O)OS(=O)(=O)O. The Morgan fingerprint density at radius 3 is 2.05 bits per heavy atom. The maximum absolute atomic E-state index is 10.4. The predicted molar refractivity (Wildman–Crippen MR) is 59.4 cm³/mol. The van der Waals surface area contributed by atoms with Crippen LogP contribution in [0.5, 0.6) is 0 Å². The van der Waals surface area contributed by atoms with E-state index < -0.39 is 51.1 Å². The minimum atomic E-state index is -4.82. The van der Waals surface area contributed by atoms with Crippen LogP contribution in [0, 0.1) is 0 Å². The highest BCUT2D eigenvalue weighted by Crippen LogP contribution is 2.07. The molecule has 2 N–H and O–H groups in total. The fraction of sp³-hybridized carbons (Fsp3) is 1.00. The fourth-order valence-corrected chi connectivity index (χ4v) is 2.06. The second-order valence-electron chi connectivity index (χ2n) is 3.06. The van der Waals surface area contributed by atoms with Gasteiger partial charge in [0.25, 0.3) is 11.0 Å². The first-order chi connectivity index (χ1) is 8.49. The highest BCUT2D eigenvalue weighted by Gasteiger charge is 2.18. The Balaban J connectivity index is 4.26. The maximum atomic E-state index is 10.4. The van der Waals surface area contributed by atoms with Gasteiger partial charge in [0.05, 0.1) is 13.2 Å². The van der Waals surface area contributed by atoms with E-state index in [4.69, 9.17) is 9.11 Å². The molecule has 0 rings (SSSR count). The van der Waals surface area contributed by atoms with E-state index in [0.717, 1.165) is 0 Å². The van der Waals surface area contributed by atoms with Gasteiger partial charge in [-0.1, -0.05) is 0 Å². The summed E-state index contributed by atoms with van der Waals surface area (Å²) in [6.07, 6.45) is -1.68. The number of rotatable bonds is 10. The molecule has 0 aliphatic rings. The van der Waals surface area contributed by atoms with E-state index in [0.29, 0.717) is 0 Å². The standard InChI is InChI=1S/C5H12O11S3/c6-17(7)14-4-5(16-19(11,12)13)2-1-3-15-18(8,9)10/h5,17H,1-4H2,(H,8,9,10)(H,11,12,13). The Morgan fingerprint density at radius 2 is 1.63 bits per heavy atom. The zero-order valence-corrected chi connectivity index (χ0v) is 11.8. The molecule has 0 aliphatic heterocycles. The quantitative estimate of drug-likeness (QED) is 0.235. The number of thiol groups is 1. The Morgan fingerprint density at radius 1 is 1.05 bits per heavy atom. The molecule has 14 heteroatoms. The van der Waals surface area contributed by atoms with Gasteiger partial charge >= 0.3 is 20.8 Å². The van der Waals surface area contributed by atoms with E-state index in [1.807, 2.05) is 0 Å². The van der Waals surface area contributed by atoms with Crippen LogP contribution in [0.15, 0.2) is 0 Å². The van der Waals surface area contributed by atoms with E-state index in [2.05, 4.69) is 12.5 Å². The lowest BCUT2D eigenvalue weighted by Gasteiger charge is -2.13. The van der Waals surface area contributed by atoms with Gasteiger partial charge in [-0.3, -0.25) is 13.3 Å². The zero-order valence-electron chi connectivity index (χ0n) is 9.24. The van der Waals surface area contributed by atoms with Gasteiger partial charge in [0.15, 0.2) is 0 Å². The summed E-state index contributed by atoms with van der Waals surface area (Å²) < 4.78 is 90.3. The molecule has 1 atom stereocenters. The average molecular weight is 344 g/mol. The Bertz CT molecular complexity index is 521.